The third kappa shape index (κ3) is 4.10. The predicted molar refractivity (Wildman–Crippen MR) is 155 cm³/mol. The Morgan fingerprint density at radius 1 is 1.05 bits per heavy atom. The lowest BCUT2D eigenvalue weighted by molar-refractivity contribution is -0.458. The number of likely N-dealkylation sites (tertiary alicyclic amines) is 1. The van der Waals surface area contributed by atoms with Crippen LogP contribution in [0.4, 0.5) is 4.79 Å². The molecule has 0 aromatic carbocycles. The molecule has 9 atom stereocenters. The number of aliphatic hydroxyl groups is 2. The molecular weight excluding hydrogens is 570 g/mol. The van der Waals surface area contributed by atoms with E-state index in [1.54, 1.807) is 25.7 Å². The molecular formula is C33H47NO10. The fourth-order valence-electron chi connectivity index (χ4n) is 10.2. The third-order valence-corrected chi connectivity index (χ3v) is 11.8. The van der Waals surface area contributed by atoms with Crippen molar-refractivity contribution in [3.8, 4) is 0 Å². The van der Waals surface area contributed by atoms with E-state index in [4.69, 9.17) is 18.9 Å². The molecule has 3 aliphatic heterocycles. The van der Waals surface area contributed by atoms with Crippen molar-refractivity contribution in [1.29, 1.82) is 0 Å². The molecule has 1 unspecified atom stereocenters. The average molecular weight is 618 g/mol. The zero-order valence-corrected chi connectivity index (χ0v) is 26.7. The molecule has 44 heavy (non-hydrogen) atoms. The highest BCUT2D eigenvalue weighted by Crippen LogP contribution is 2.77. The lowest BCUT2D eigenvalue weighted by Crippen LogP contribution is -2.86. The minimum Gasteiger partial charge on any atom is -0.462 e. The van der Waals surface area contributed by atoms with Crippen molar-refractivity contribution < 1.29 is 48.3 Å². The Bertz CT molecular complexity index is 1280. The van der Waals surface area contributed by atoms with Crippen LogP contribution in [-0.2, 0) is 33.3 Å². The molecule has 11 heteroatoms. The maximum atomic E-state index is 14.4. The number of hydrogen-bond donors (Lipinski definition) is 2. The van der Waals surface area contributed by atoms with Gasteiger partial charge < -0.3 is 34.1 Å². The van der Waals surface area contributed by atoms with Crippen LogP contribution >= 0.6 is 0 Å². The molecule has 7 rings (SSSR count). The number of Topliss-reactive ketones (excluding diaryl/α,β-unsaturated/α-hetero) is 1. The second-order valence-corrected chi connectivity index (χ2v) is 15.7. The van der Waals surface area contributed by atoms with E-state index in [9.17, 15) is 29.4 Å². The molecule has 1 amide bonds. The lowest BCUT2D eigenvalue weighted by atomic mass is 9.35. The SMILES string of the molecule is C=C1C(=O)[C@@]23C(CC[C@@H]1[C@H]2OC(=O)C1CCN(C(=O)OC(C)(C)C)CC1)[C@@]12CO[C@@]3(O)[C@@H](O)[C@@H]1C(C)(C)CC[C@@H]2OC(C)=O. The summed E-state index contributed by atoms with van der Waals surface area (Å²) in [4.78, 5) is 54.7. The first-order valence-corrected chi connectivity index (χ1v) is 16.1. The Labute approximate surface area is 258 Å². The lowest BCUT2D eigenvalue weighted by Gasteiger charge is -2.74. The largest absolute Gasteiger partial charge is 0.462 e. The maximum Gasteiger partial charge on any atom is 0.410 e. The minimum absolute atomic E-state index is 0.00718. The summed E-state index contributed by atoms with van der Waals surface area (Å²) in [5.74, 6) is -5.93. The van der Waals surface area contributed by atoms with Gasteiger partial charge in [-0.15, -0.1) is 0 Å². The number of carbonyl (C=O) groups excluding carboxylic acids is 4. The molecule has 0 radical (unpaired) electrons. The first-order valence-electron chi connectivity index (χ1n) is 16.1. The van der Waals surface area contributed by atoms with Crippen LogP contribution in [0.15, 0.2) is 12.2 Å². The van der Waals surface area contributed by atoms with E-state index in [-0.39, 0.29) is 12.2 Å². The molecule has 3 saturated heterocycles. The number of rotatable bonds is 3. The van der Waals surface area contributed by atoms with Gasteiger partial charge in [0, 0.05) is 37.3 Å². The Hall–Kier alpha value is -2.50. The number of nitrogens with zero attached hydrogens (tertiary/aromatic N) is 1. The monoisotopic (exact) mass is 617 g/mol. The van der Waals surface area contributed by atoms with Gasteiger partial charge in [0.05, 0.1) is 12.5 Å². The topological polar surface area (TPSA) is 149 Å². The van der Waals surface area contributed by atoms with E-state index >= 15 is 0 Å². The molecule has 2 spiro atoms. The molecule has 7 aliphatic rings. The van der Waals surface area contributed by atoms with Crippen molar-refractivity contribution in [2.24, 2.45) is 39.9 Å². The van der Waals surface area contributed by atoms with E-state index in [1.165, 1.54) is 6.92 Å². The number of ketones is 1. The molecule has 7 fully saturated rings. The quantitative estimate of drug-likeness (QED) is 0.275. The molecule has 0 aromatic rings. The van der Waals surface area contributed by atoms with Crippen LogP contribution in [0.2, 0.25) is 0 Å². The van der Waals surface area contributed by atoms with Gasteiger partial charge in [-0.1, -0.05) is 20.4 Å². The molecule has 244 valence electrons. The summed E-state index contributed by atoms with van der Waals surface area (Å²) in [6.07, 6.45) is -0.788. The number of fused-ring (bicyclic) bond motifs is 2. The first-order chi connectivity index (χ1) is 20.4. The van der Waals surface area contributed by atoms with Gasteiger partial charge in [0.1, 0.15) is 29.3 Å². The Kier molecular flexibility index (Phi) is 7.15. The molecule has 4 aliphatic carbocycles. The van der Waals surface area contributed by atoms with Gasteiger partial charge >= 0.3 is 18.0 Å². The van der Waals surface area contributed by atoms with Crippen LogP contribution in [-0.4, -0.2) is 88.3 Å². The van der Waals surface area contributed by atoms with E-state index in [0.717, 1.165) is 0 Å². The Morgan fingerprint density at radius 3 is 2.32 bits per heavy atom. The van der Waals surface area contributed by atoms with Gasteiger partial charge in [-0.3, -0.25) is 14.4 Å². The Morgan fingerprint density at radius 2 is 1.70 bits per heavy atom. The molecule has 4 saturated carbocycles. The van der Waals surface area contributed by atoms with E-state index in [2.05, 4.69) is 6.58 Å². The van der Waals surface area contributed by atoms with Gasteiger partial charge in [-0.05, 0) is 76.2 Å². The predicted octanol–water partition coefficient (Wildman–Crippen LogP) is 3.14. The highest BCUT2D eigenvalue weighted by Gasteiger charge is 2.88. The van der Waals surface area contributed by atoms with Crippen molar-refractivity contribution >= 4 is 23.8 Å². The maximum absolute atomic E-state index is 14.4. The third-order valence-electron chi connectivity index (χ3n) is 11.8. The highest BCUT2D eigenvalue weighted by molar-refractivity contribution is 6.05. The normalized spacial score (nSPS) is 42.8. The number of ether oxygens (including phenoxy) is 4. The summed E-state index contributed by atoms with van der Waals surface area (Å²) in [5, 5.41) is 24.5. The Balaban J connectivity index is 1.34. The van der Waals surface area contributed by atoms with Crippen LogP contribution in [0.25, 0.3) is 0 Å². The van der Waals surface area contributed by atoms with Crippen molar-refractivity contribution in [1.82, 2.24) is 4.90 Å². The minimum atomic E-state index is -2.32. The second kappa shape index (κ2) is 10.00. The number of hydrogen-bond acceptors (Lipinski definition) is 10. The van der Waals surface area contributed by atoms with Crippen molar-refractivity contribution in [3.05, 3.63) is 12.2 Å². The molecule has 3 heterocycles. The van der Waals surface area contributed by atoms with Gasteiger partial charge in [0.2, 0.25) is 5.79 Å². The molecule has 0 aromatic heterocycles. The fourth-order valence-corrected chi connectivity index (χ4v) is 10.2. The van der Waals surface area contributed by atoms with Gasteiger partial charge in [0.15, 0.2) is 5.78 Å². The van der Waals surface area contributed by atoms with Crippen LogP contribution in [0.3, 0.4) is 0 Å². The van der Waals surface area contributed by atoms with Crippen molar-refractivity contribution in [2.75, 3.05) is 19.7 Å². The number of amides is 1. The molecule has 2 N–H and O–H groups in total. The number of piperidine rings is 1. The molecule has 11 nitrogen and oxygen atoms in total. The first kappa shape index (κ1) is 31.5. The summed E-state index contributed by atoms with van der Waals surface area (Å²) in [5.41, 5.74) is -3.61. The van der Waals surface area contributed by atoms with Crippen LogP contribution in [0.1, 0.15) is 80.1 Å². The summed E-state index contributed by atoms with van der Waals surface area (Å²) in [6, 6.07) is 0. The van der Waals surface area contributed by atoms with Crippen molar-refractivity contribution in [3.63, 3.8) is 0 Å². The second-order valence-electron chi connectivity index (χ2n) is 15.7. The average Bonchev–Trinajstić information content (AvgIpc) is 3.04. The van der Waals surface area contributed by atoms with Gasteiger partial charge in [0.25, 0.3) is 0 Å². The number of aliphatic hydroxyl groups excluding tert-OH is 1. The van der Waals surface area contributed by atoms with Crippen LogP contribution < -0.4 is 0 Å². The smallest absolute Gasteiger partial charge is 0.410 e. The van der Waals surface area contributed by atoms with E-state index in [1.807, 2.05) is 13.8 Å². The zero-order valence-electron chi connectivity index (χ0n) is 26.7. The van der Waals surface area contributed by atoms with Crippen molar-refractivity contribution in [2.45, 2.75) is 110 Å². The number of carbonyl (C=O) groups is 4. The standard InChI is InChI=1S/C33H47NO10/c1-17-20-8-9-21-31-16-41-33(40,25(37)23(31)30(6,7)13-10-22(31)42-18(2)35)32(21,24(17)36)26(20)43-27(38)19-11-14-34(15-12-19)28(39)44-29(3,4)5/h19-23,25-26,37,40H,1,8-16H2,2-7H3/t20-,21?,22-,23+,25-,26+,31+,32-,33-/m0/s1. The summed E-state index contributed by atoms with van der Waals surface area (Å²) in [6.45, 7) is 15.5. The number of esters is 2. The van der Waals surface area contributed by atoms with E-state index in [0.29, 0.717) is 51.6 Å². The zero-order chi connectivity index (χ0) is 32.2. The fraction of sp³-hybridized carbons (Fsp3) is 0.818. The van der Waals surface area contributed by atoms with Crippen LogP contribution in [0, 0.1) is 39.9 Å². The summed E-state index contributed by atoms with van der Waals surface area (Å²) < 4.78 is 23.9. The van der Waals surface area contributed by atoms with Gasteiger partial charge in [-0.25, -0.2) is 4.79 Å². The van der Waals surface area contributed by atoms with Gasteiger partial charge in [-0.2, -0.15) is 0 Å². The van der Waals surface area contributed by atoms with Crippen LogP contribution in [0.5, 0.6) is 0 Å². The summed E-state index contributed by atoms with van der Waals surface area (Å²) in [7, 11) is 0. The highest BCUT2D eigenvalue weighted by atomic mass is 16.7. The van der Waals surface area contributed by atoms with E-state index < -0.39 is 93.4 Å². The summed E-state index contributed by atoms with van der Waals surface area (Å²) >= 11 is 0. The molecule has 4 bridgehead atoms.